The number of hydrogen-bond acceptors (Lipinski definition) is 2. The van der Waals surface area contributed by atoms with Crippen molar-refractivity contribution < 1.29 is 4.74 Å². The number of para-hydroxylation sites is 1. The summed E-state index contributed by atoms with van der Waals surface area (Å²) in [6.07, 6.45) is 6.61. The fourth-order valence-electron chi connectivity index (χ4n) is 3.62. The second-order valence-corrected chi connectivity index (χ2v) is 6.21. The molecular weight excluding hydrogens is 246 g/mol. The van der Waals surface area contributed by atoms with Gasteiger partial charge < -0.3 is 10.1 Å². The van der Waals surface area contributed by atoms with Crippen molar-refractivity contribution in [2.45, 2.75) is 52.0 Å². The quantitative estimate of drug-likeness (QED) is 0.846. The van der Waals surface area contributed by atoms with Gasteiger partial charge in [0.15, 0.2) is 0 Å². The first-order valence-electron chi connectivity index (χ1n) is 8.09. The van der Waals surface area contributed by atoms with Crippen LogP contribution in [0.5, 0.6) is 5.75 Å². The molecule has 1 aliphatic rings. The maximum atomic E-state index is 5.51. The molecule has 1 N–H and O–H groups in total. The van der Waals surface area contributed by atoms with E-state index in [2.05, 4.69) is 37.4 Å². The van der Waals surface area contributed by atoms with Crippen LogP contribution in [0.25, 0.3) is 0 Å². The van der Waals surface area contributed by atoms with E-state index in [9.17, 15) is 0 Å². The summed E-state index contributed by atoms with van der Waals surface area (Å²) in [7, 11) is 1.77. The summed E-state index contributed by atoms with van der Waals surface area (Å²) in [5.74, 6) is 2.72. The largest absolute Gasteiger partial charge is 0.496 e. The van der Waals surface area contributed by atoms with Gasteiger partial charge >= 0.3 is 0 Å². The number of ether oxygens (including phenoxy) is 1. The van der Waals surface area contributed by atoms with Crippen LogP contribution in [0.1, 0.15) is 45.1 Å². The summed E-state index contributed by atoms with van der Waals surface area (Å²) in [6.45, 7) is 5.66. The Balaban J connectivity index is 2.08. The van der Waals surface area contributed by atoms with Crippen LogP contribution < -0.4 is 10.1 Å². The fourth-order valence-corrected chi connectivity index (χ4v) is 3.62. The summed E-state index contributed by atoms with van der Waals surface area (Å²) < 4.78 is 5.51. The van der Waals surface area contributed by atoms with Gasteiger partial charge in [0.1, 0.15) is 5.75 Å². The molecule has 1 fully saturated rings. The number of rotatable bonds is 6. The Morgan fingerprint density at radius 2 is 2.10 bits per heavy atom. The second-order valence-electron chi connectivity index (χ2n) is 6.21. The van der Waals surface area contributed by atoms with Gasteiger partial charge in [0.2, 0.25) is 0 Å². The summed E-state index contributed by atoms with van der Waals surface area (Å²) in [5.41, 5.74) is 1.33. The van der Waals surface area contributed by atoms with E-state index < -0.39 is 0 Å². The zero-order valence-corrected chi connectivity index (χ0v) is 13.2. The number of likely N-dealkylation sites (N-methyl/N-ethyl adjacent to an activating group) is 1. The molecule has 20 heavy (non-hydrogen) atoms. The average Bonchev–Trinajstić information content (AvgIpc) is 2.47. The number of nitrogens with one attached hydrogen (secondary N) is 1. The number of methoxy groups -OCH3 is 1. The van der Waals surface area contributed by atoms with E-state index >= 15 is 0 Å². The van der Waals surface area contributed by atoms with Gasteiger partial charge in [-0.25, -0.2) is 0 Å². The Bertz CT molecular complexity index is 404. The van der Waals surface area contributed by atoms with E-state index in [0.29, 0.717) is 6.04 Å². The van der Waals surface area contributed by atoms with Crippen LogP contribution in [0.4, 0.5) is 0 Å². The molecule has 1 aromatic rings. The van der Waals surface area contributed by atoms with Crippen molar-refractivity contribution in [3.63, 3.8) is 0 Å². The lowest BCUT2D eigenvalue weighted by Crippen LogP contribution is -2.40. The minimum atomic E-state index is 0.582. The number of benzene rings is 1. The Hall–Kier alpha value is -1.02. The molecule has 3 unspecified atom stereocenters. The number of hydrogen-bond donors (Lipinski definition) is 1. The molecule has 2 nitrogen and oxygen atoms in total. The molecule has 0 bridgehead atoms. The minimum absolute atomic E-state index is 0.582. The van der Waals surface area contributed by atoms with E-state index in [1.165, 1.54) is 31.2 Å². The van der Waals surface area contributed by atoms with Gasteiger partial charge in [-0.1, -0.05) is 44.9 Å². The third kappa shape index (κ3) is 3.99. The molecule has 0 amide bonds. The highest BCUT2D eigenvalue weighted by molar-refractivity contribution is 5.34. The smallest absolute Gasteiger partial charge is 0.122 e. The van der Waals surface area contributed by atoms with Crippen molar-refractivity contribution in [3.05, 3.63) is 29.8 Å². The Kier molecular flexibility index (Phi) is 5.90. The van der Waals surface area contributed by atoms with Gasteiger partial charge in [0.05, 0.1) is 7.11 Å². The van der Waals surface area contributed by atoms with E-state index in [-0.39, 0.29) is 0 Å². The van der Waals surface area contributed by atoms with Crippen molar-refractivity contribution in [3.8, 4) is 5.75 Å². The van der Waals surface area contributed by atoms with Gasteiger partial charge in [-0.05, 0) is 49.3 Å². The second kappa shape index (κ2) is 7.68. The third-order valence-corrected chi connectivity index (χ3v) is 4.64. The lowest BCUT2D eigenvalue weighted by atomic mass is 9.77. The van der Waals surface area contributed by atoms with Gasteiger partial charge in [0, 0.05) is 6.04 Å². The van der Waals surface area contributed by atoms with Crippen LogP contribution in [-0.4, -0.2) is 19.7 Å². The first kappa shape index (κ1) is 15.4. The minimum Gasteiger partial charge on any atom is -0.496 e. The molecule has 2 heteroatoms. The van der Waals surface area contributed by atoms with Gasteiger partial charge in [0.25, 0.3) is 0 Å². The maximum Gasteiger partial charge on any atom is 0.122 e. The lowest BCUT2D eigenvalue weighted by molar-refractivity contribution is 0.222. The maximum absolute atomic E-state index is 5.51. The summed E-state index contributed by atoms with van der Waals surface area (Å²) in [5, 5.41) is 3.72. The summed E-state index contributed by atoms with van der Waals surface area (Å²) >= 11 is 0. The molecule has 2 rings (SSSR count). The topological polar surface area (TPSA) is 21.3 Å². The first-order valence-corrected chi connectivity index (χ1v) is 8.09. The fraction of sp³-hybridized carbons (Fsp3) is 0.667. The summed E-state index contributed by atoms with van der Waals surface area (Å²) in [4.78, 5) is 0. The van der Waals surface area contributed by atoms with Crippen LogP contribution in [0, 0.1) is 11.8 Å². The van der Waals surface area contributed by atoms with E-state index in [1.807, 2.05) is 6.07 Å². The molecule has 1 aliphatic carbocycles. The predicted molar refractivity (Wildman–Crippen MR) is 85.3 cm³/mol. The molecule has 3 atom stereocenters. The van der Waals surface area contributed by atoms with Crippen LogP contribution in [0.2, 0.25) is 0 Å². The molecule has 112 valence electrons. The van der Waals surface area contributed by atoms with Crippen molar-refractivity contribution in [1.29, 1.82) is 0 Å². The van der Waals surface area contributed by atoms with Gasteiger partial charge in [-0.3, -0.25) is 0 Å². The Labute approximate surface area is 123 Å². The molecule has 1 saturated carbocycles. The van der Waals surface area contributed by atoms with Gasteiger partial charge in [-0.2, -0.15) is 0 Å². The van der Waals surface area contributed by atoms with Crippen LogP contribution >= 0.6 is 0 Å². The molecule has 0 spiro atoms. The monoisotopic (exact) mass is 275 g/mol. The molecule has 0 aromatic heterocycles. The van der Waals surface area contributed by atoms with Crippen LogP contribution in [-0.2, 0) is 6.42 Å². The van der Waals surface area contributed by atoms with E-state index in [0.717, 1.165) is 30.6 Å². The lowest BCUT2D eigenvalue weighted by Gasteiger charge is -2.34. The Morgan fingerprint density at radius 1 is 1.30 bits per heavy atom. The zero-order valence-electron chi connectivity index (χ0n) is 13.2. The molecule has 0 radical (unpaired) electrons. The standard InChI is InChI=1S/C18H29NO/c1-4-19-17(15-10-7-8-14(2)12-15)13-16-9-5-6-11-18(16)20-3/h5-6,9,11,14-15,17,19H,4,7-8,10,12-13H2,1-3H3. The highest BCUT2D eigenvalue weighted by atomic mass is 16.5. The molecular formula is C18H29NO. The van der Waals surface area contributed by atoms with Crippen molar-refractivity contribution in [2.24, 2.45) is 11.8 Å². The molecule has 0 heterocycles. The normalized spacial score (nSPS) is 24.4. The highest BCUT2D eigenvalue weighted by Gasteiger charge is 2.26. The molecule has 0 aliphatic heterocycles. The van der Waals surface area contributed by atoms with Gasteiger partial charge in [-0.15, -0.1) is 0 Å². The Morgan fingerprint density at radius 3 is 2.80 bits per heavy atom. The van der Waals surface area contributed by atoms with Crippen molar-refractivity contribution >= 4 is 0 Å². The van der Waals surface area contributed by atoms with Crippen molar-refractivity contribution in [2.75, 3.05) is 13.7 Å². The predicted octanol–water partition coefficient (Wildman–Crippen LogP) is 4.04. The third-order valence-electron chi connectivity index (χ3n) is 4.64. The first-order chi connectivity index (χ1) is 9.74. The highest BCUT2D eigenvalue weighted by Crippen LogP contribution is 2.33. The van der Waals surface area contributed by atoms with E-state index in [4.69, 9.17) is 4.74 Å². The summed E-state index contributed by atoms with van der Waals surface area (Å²) in [6, 6.07) is 9.02. The van der Waals surface area contributed by atoms with Crippen molar-refractivity contribution in [1.82, 2.24) is 5.32 Å². The van der Waals surface area contributed by atoms with E-state index in [1.54, 1.807) is 7.11 Å². The van der Waals surface area contributed by atoms with Crippen LogP contribution in [0.15, 0.2) is 24.3 Å². The molecule has 1 aromatic carbocycles. The SMILES string of the molecule is CCNC(Cc1ccccc1OC)C1CCCC(C)C1. The average molecular weight is 275 g/mol. The van der Waals surface area contributed by atoms with Crippen LogP contribution in [0.3, 0.4) is 0 Å². The molecule has 0 saturated heterocycles. The zero-order chi connectivity index (χ0) is 14.4.